The highest BCUT2D eigenvalue weighted by molar-refractivity contribution is 7.99. The van der Waals surface area contributed by atoms with Gasteiger partial charge in [-0.2, -0.15) is 0 Å². The molecule has 0 spiro atoms. The lowest BCUT2D eigenvalue weighted by Gasteiger charge is -2.13. The molecule has 1 aliphatic rings. The molecule has 3 aromatic rings. The first-order chi connectivity index (χ1) is 13.7. The molecule has 0 aliphatic carbocycles. The molecule has 146 valence electrons. The van der Waals surface area contributed by atoms with Gasteiger partial charge in [-0.3, -0.25) is 0 Å². The van der Waals surface area contributed by atoms with Crippen LogP contribution in [-0.2, 0) is 12.8 Å². The smallest absolute Gasteiger partial charge is 0.226 e. The normalized spacial score (nSPS) is 17.7. The van der Waals surface area contributed by atoms with E-state index < -0.39 is 6.10 Å². The zero-order valence-electron chi connectivity index (χ0n) is 16.1. The van der Waals surface area contributed by atoms with Gasteiger partial charge in [-0.25, -0.2) is 4.98 Å². The van der Waals surface area contributed by atoms with E-state index in [9.17, 15) is 5.11 Å². The highest BCUT2D eigenvalue weighted by Crippen LogP contribution is 2.25. The van der Waals surface area contributed by atoms with Crippen LogP contribution < -0.4 is 5.32 Å². The van der Waals surface area contributed by atoms with E-state index in [4.69, 9.17) is 4.42 Å². The second-order valence-corrected chi connectivity index (χ2v) is 8.33. The van der Waals surface area contributed by atoms with Crippen molar-refractivity contribution >= 4 is 11.8 Å². The largest absolute Gasteiger partial charge is 0.441 e. The number of hydrogen-bond donors (Lipinski definition) is 2. The van der Waals surface area contributed by atoms with Crippen LogP contribution in [0.15, 0.2) is 59.0 Å². The van der Waals surface area contributed by atoms with E-state index in [1.54, 1.807) is 0 Å². The van der Waals surface area contributed by atoms with Gasteiger partial charge >= 0.3 is 0 Å². The van der Waals surface area contributed by atoms with E-state index >= 15 is 0 Å². The van der Waals surface area contributed by atoms with E-state index in [0.29, 0.717) is 24.8 Å². The number of aryl methyl sites for hydroxylation is 2. The van der Waals surface area contributed by atoms with Gasteiger partial charge in [0.15, 0.2) is 0 Å². The summed E-state index contributed by atoms with van der Waals surface area (Å²) in [5, 5.41) is 14.1. The molecule has 2 aromatic carbocycles. The maximum atomic E-state index is 10.6. The molecule has 2 unspecified atom stereocenters. The summed E-state index contributed by atoms with van der Waals surface area (Å²) in [5.74, 6) is 3.69. The number of rotatable bonds is 7. The Kier molecular flexibility index (Phi) is 6.15. The van der Waals surface area contributed by atoms with Crippen LogP contribution in [0.4, 0.5) is 0 Å². The van der Waals surface area contributed by atoms with Crippen molar-refractivity contribution in [3.63, 3.8) is 0 Å². The number of nitrogens with zero attached hydrogens (tertiary/aromatic N) is 1. The number of benzene rings is 2. The summed E-state index contributed by atoms with van der Waals surface area (Å²) in [6.07, 6.45) is 1.87. The lowest BCUT2D eigenvalue weighted by Crippen LogP contribution is -2.25. The molecule has 2 N–H and O–H groups in total. The van der Waals surface area contributed by atoms with Gasteiger partial charge in [0.2, 0.25) is 5.89 Å². The third-order valence-electron chi connectivity index (χ3n) is 5.21. The molecule has 2 heterocycles. The van der Waals surface area contributed by atoms with Crippen LogP contribution in [-0.4, -0.2) is 27.8 Å². The minimum Gasteiger partial charge on any atom is -0.441 e. The third-order valence-corrected chi connectivity index (χ3v) is 6.22. The number of nitrogens with one attached hydrogen (secondary N) is 1. The lowest BCUT2D eigenvalue weighted by atomic mass is 10.00. The van der Waals surface area contributed by atoms with Gasteiger partial charge < -0.3 is 14.8 Å². The lowest BCUT2D eigenvalue weighted by molar-refractivity contribution is 0.167. The summed E-state index contributed by atoms with van der Waals surface area (Å²) in [5.41, 5.74) is 4.17. The topological polar surface area (TPSA) is 58.3 Å². The van der Waals surface area contributed by atoms with Gasteiger partial charge in [0.1, 0.15) is 5.76 Å². The van der Waals surface area contributed by atoms with E-state index in [2.05, 4.69) is 22.4 Å². The van der Waals surface area contributed by atoms with Crippen molar-refractivity contribution in [3.05, 3.63) is 77.2 Å². The second-order valence-electron chi connectivity index (χ2n) is 7.30. The molecule has 0 saturated carbocycles. The Morgan fingerprint density at radius 3 is 2.68 bits per heavy atom. The van der Waals surface area contributed by atoms with E-state index in [0.717, 1.165) is 34.9 Å². The molecule has 28 heavy (non-hydrogen) atoms. The quantitative estimate of drug-likeness (QED) is 0.617. The molecule has 1 fully saturated rings. The molecule has 4 rings (SSSR count). The molecule has 0 radical (unpaired) electrons. The van der Waals surface area contributed by atoms with Gasteiger partial charge in [0.25, 0.3) is 0 Å². The summed E-state index contributed by atoms with van der Waals surface area (Å²) in [7, 11) is 0. The Hall–Kier alpha value is -2.08. The SMILES string of the molecule is Cc1oc(-c2ccccc2)nc1CCC(O)c1ccc(CC2CSCN2)cc1. The third kappa shape index (κ3) is 4.66. The van der Waals surface area contributed by atoms with Gasteiger partial charge in [0, 0.05) is 23.2 Å². The van der Waals surface area contributed by atoms with Crippen molar-refractivity contribution in [3.8, 4) is 11.5 Å². The summed E-state index contributed by atoms with van der Waals surface area (Å²) in [6, 6.07) is 18.8. The Balaban J connectivity index is 1.35. The van der Waals surface area contributed by atoms with Crippen LogP contribution in [0, 0.1) is 6.92 Å². The number of oxazole rings is 1. The molecule has 5 heteroatoms. The Labute approximate surface area is 170 Å². The van der Waals surface area contributed by atoms with Gasteiger partial charge in [0.05, 0.1) is 11.8 Å². The summed E-state index contributed by atoms with van der Waals surface area (Å²) in [6.45, 7) is 1.94. The number of aliphatic hydroxyl groups is 1. The summed E-state index contributed by atoms with van der Waals surface area (Å²) >= 11 is 1.95. The number of aromatic nitrogens is 1. The van der Waals surface area contributed by atoms with Crippen molar-refractivity contribution in [1.82, 2.24) is 10.3 Å². The molecule has 2 atom stereocenters. The average Bonchev–Trinajstić information content (AvgIpc) is 3.37. The predicted molar refractivity (Wildman–Crippen MR) is 114 cm³/mol. The van der Waals surface area contributed by atoms with E-state index in [1.807, 2.05) is 61.2 Å². The zero-order valence-corrected chi connectivity index (χ0v) is 16.9. The number of thioether (sulfide) groups is 1. The zero-order chi connectivity index (χ0) is 19.3. The van der Waals surface area contributed by atoms with Crippen LogP contribution in [0.5, 0.6) is 0 Å². The predicted octanol–water partition coefficient (Wildman–Crippen LogP) is 4.52. The first kappa shape index (κ1) is 19.2. The summed E-state index contributed by atoms with van der Waals surface area (Å²) < 4.78 is 5.82. The van der Waals surface area contributed by atoms with Gasteiger partial charge in [-0.15, -0.1) is 11.8 Å². The van der Waals surface area contributed by atoms with Crippen molar-refractivity contribution in [1.29, 1.82) is 0 Å². The fourth-order valence-corrected chi connectivity index (χ4v) is 4.52. The first-order valence-electron chi connectivity index (χ1n) is 9.79. The van der Waals surface area contributed by atoms with Crippen LogP contribution in [0.25, 0.3) is 11.5 Å². The van der Waals surface area contributed by atoms with Crippen molar-refractivity contribution in [2.24, 2.45) is 0 Å². The van der Waals surface area contributed by atoms with Gasteiger partial charge in [-0.05, 0) is 49.4 Å². The minimum absolute atomic E-state index is 0.495. The molecular formula is C23H26N2O2S. The van der Waals surface area contributed by atoms with Crippen molar-refractivity contribution < 1.29 is 9.52 Å². The van der Waals surface area contributed by atoms with Crippen LogP contribution in [0.1, 0.15) is 35.1 Å². The second kappa shape index (κ2) is 8.95. The van der Waals surface area contributed by atoms with Crippen LogP contribution in [0.2, 0.25) is 0 Å². The molecule has 0 amide bonds. The Morgan fingerprint density at radius 2 is 1.96 bits per heavy atom. The standard InChI is InChI=1S/C23H26N2O2S/c1-16-21(25-23(27-16)19-5-3-2-4-6-19)11-12-22(26)18-9-7-17(8-10-18)13-20-14-28-15-24-20/h2-10,20,22,24,26H,11-15H2,1H3. The van der Waals surface area contributed by atoms with Crippen molar-refractivity contribution in [2.75, 3.05) is 11.6 Å². The number of hydrogen-bond acceptors (Lipinski definition) is 5. The average molecular weight is 395 g/mol. The minimum atomic E-state index is -0.495. The van der Waals surface area contributed by atoms with Gasteiger partial charge in [-0.1, -0.05) is 42.5 Å². The molecule has 1 aromatic heterocycles. The highest BCUT2D eigenvalue weighted by atomic mass is 32.2. The maximum Gasteiger partial charge on any atom is 0.226 e. The maximum absolute atomic E-state index is 10.6. The highest BCUT2D eigenvalue weighted by Gasteiger charge is 2.16. The molecule has 0 bridgehead atoms. The van der Waals surface area contributed by atoms with E-state index in [1.165, 1.54) is 11.3 Å². The number of aliphatic hydroxyl groups excluding tert-OH is 1. The molecular weight excluding hydrogens is 368 g/mol. The molecule has 1 aliphatic heterocycles. The molecule has 1 saturated heterocycles. The van der Waals surface area contributed by atoms with Crippen LogP contribution in [0.3, 0.4) is 0 Å². The summed E-state index contributed by atoms with van der Waals surface area (Å²) in [4.78, 5) is 4.63. The fourth-order valence-electron chi connectivity index (χ4n) is 3.53. The molecule has 4 nitrogen and oxygen atoms in total. The van der Waals surface area contributed by atoms with E-state index in [-0.39, 0.29) is 0 Å². The van der Waals surface area contributed by atoms with Crippen LogP contribution >= 0.6 is 11.8 Å². The fraction of sp³-hybridized carbons (Fsp3) is 0.348. The first-order valence-corrected chi connectivity index (χ1v) is 10.9. The monoisotopic (exact) mass is 394 g/mol. The Morgan fingerprint density at radius 1 is 1.18 bits per heavy atom. The van der Waals surface area contributed by atoms with Crippen molar-refractivity contribution in [2.45, 2.75) is 38.3 Å². The Bertz CT molecular complexity index is 887.